The first kappa shape index (κ1) is 26.7. The van der Waals surface area contributed by atoms with Crippen LogP contribution in [0.1, 0.15) is 35.4 Å². The second kappa shape index (κ2) is 11.6. The number of imidazole rings is 1. The van der Waals surface area contributed by atoms with E-state index in [0.29, 0.717) is 42.0 Å². The minimum absolute atomic E-state index is 0.101. The van der Waals surface area contributed by atoms with Crippen molar-refractivity contribution in [2.45, 2.75) is 37.1 Å². The molecule has 0 spiro atoms. The number of nitrogen functional groups attached to an aromatic ring is 1. The van der Waals surface area contributed by atoms with Crippen LogP contribution in [0.25, 0.3) is 21.9 Å². The van der Waals surface area contributed by atoms with Crippen molar-refractivity contribution in [2.24, 2.45) is 0 Å². The number of nitrogens with zero attached hydrogens (tertiary/aromatic N) is 3. The number of rotatable bonds is 10. The van der Waals surface area contributed by atoms with E-state index in [4.69, 9.17) is 15.7 Å². The van der Waals surface area contributed by atoms with Crippen LogP contribution in [0.2, 0.25) is 0 Å². The Kier molecular flexibility index (Phi) is 7.53. The summed E-state index contributed by atoms with van der Waals surface area (Å²) >= 11 is 0. The molecule has 0 saturated carbocycles. The predicted octanol–water partition coefficient (Wildman–Crippen LogP) is 6.60. The molecule has 0 unspecified atom stereocenters. The number of para-hydroxylation sites is 1. The summed E-state index contributed by atoms with van der Waals surface area (Å²) in [6, 6.07) is 35.5. The quantitative estimate of drug-likeness (QED) is 0.191. The molecular weight excluding hydrogens is 528 g/mol. The average molecular weight is 561 g/mol. The van der Waals surface area contributed by atoms with Gasteiger partial charge < -0.3 is 10.3 Å². The van der Waals surface area contributed by atoms with Gasteiger partial charge >= 0.3 is 0 Å². The van der Waals surface area contributed by atoms with E-state index in [1.165, 1.54) is 5.56 Å². The van der Waals surface area contributed by atoms with Crippen molar-refractivity contribution in [3.05, 3.63) is 132 Å². The van der Waals surface area contributed by atoms with Crippen LogP contribution in [0.3, 0.4) is 0 Å². The molecule has 0 radical (unpaired) electrons. The minimum Gasteiger partial charge on any atom is -0.382 e. The van der Waals surface area contributed by atoms with Crippen molar-refractivity contribution in [1.82, 2.24) is 14.5 Å². The molecule has 0 amide bonds. The Morgan fingerprint density at radius 1 is 0.659 bits per heavy atom. The van der Waals surface area contributed by atoms with Gasteiger partial charge in [0.2, 0.25) is 0 Å². The van der Waals surface area contributed by atoms with Crippen LogP contribution in [-0.4, -0.2) is 28.7 Å². The van der Waals surface area contributed by atoms with Crippen molar-refractivity contribution in [2.75, 3.05) is 11.5 Å². The third kappa shape index (κ3) is 5.72. The zero-order chi connectivity index (χ0) is 28.2. The van der Waals surface area contributed by atoms with Crippen LogP contribution in [0.5, 0.6) is 0 Å². The Labute approximate surface area is 240 Å². The Morgan fingerprint density at radius 3 is 1.98 bits per heavy atom. The number of pyridine rings is 1. The van der Waals surface area contributed by atoms with Crippen molar-refractivity contribution in [3.63, 3.8) is 0 Å². The maximum absolute atomic E-state index is 12.9. The smallest absolute Gasteiger partial charge is 0.178 e. The van der Waals surface area contributed by atoms with Gasteiger partial charge in [0.05, 0.1) is 21.7 Å². The largest absolute Gasteiger partial charge is 0.382 e. The van der Waals surface area contributed by atoms with Gasteiger partial charge in [-0.3, -0.25) is 0 Å². The molecular formula is C34H32N4O2S. The van der Waals surface area contributed by atoms with Gasteiger partial charge in [-0.15, -0.1) is 0 Å². The third-order valence-corrected chi connectivity index (χ3v) is 9.30. The molecule has 0 aliphatic carbocycles. The molecule has 7 heteroatoms. The highest BCUT2D eigenvalue weighted by Crippen LogP contribution is 2.32. The molecule has 6 nitrogen and oxygen atoms in total. The SMILES string of the molecule is Nc1nc2c(Cc3ccccc3)cccc2c2c1nc(Cc1ccccc1)n2CCCCS(=O)(=O)c1ccccc1. The minimum atomic E-state index is -3.33. The Bertz CT molecular complexity index is 1900. The second-order valence-corrected chi connectivity index (χ2v) is 12.5. The van der Waals surface area contributed by atoms with Crippen LogP contribution in [0, 0.1) is 0 Å². The lowest BCUT2D eigenvalue weighted by atomic mass is 10.0. The molecule has 0 atom stereocenters. The van der Waals surface area contributed by atoms with Crippen molar-refractivity contribution >= 4 is 37.6 Å². The fourth-order valence-corrected chi connectivity index (χ4v) is 6.85. The van der Waals surface area contributed by atoms with Crippen LogP contribution in [-0.2, 0) is 29.2 Å². The molecule has 0 fully saturated rings. The normalized spacial score (nSPS) is 11.8. The first-order valence-electron chi connectivity index (χ1n) is 13.9. The van der Waals surface area contributed by atoms with E-state index in [0.717, 1.165) is 39.8 Å². The predicted molar refractivity (Wildman–Crippen MR) is 166 cm³/mol. The van der Waals surface area contributed by atoms with Gasteiger partial charge in [-0.25, -0.2) is 18.4 Å². The zero-order valence-corrected chi connectivity index (χ0v) is 23.6. The lowest BCUT2D eigenvalue weighted by Gasteiger charge is -2.13. The molecule has 41 heavy (non-hydrogen) atoms. The van der Waals surface area contributed by atoms with Gasteiger partial charge in [0.15, 0.2) is 15.7 Å². The fraction of sp³-hybridized carbons (Fsp3) is 0.176. The first-order valence-corrected chi connectivity index (χ1v) is 15.6. The number of sulfone groups is 1. The lowest BCUT2D eigenvalue weighted by molar-refractivity contribution is 0.582. The van der Waals surface area contributed by atoms with Crippen LogP contribution in [0.4, 0.5) is 5.82 Å². The summed E-state index contributed by atoms with van der Waals surface area (Å²) in [7, 11) is -3.33. The Balaban J connectivity index is 1.38. The number of aromatic nitrogens is 3. The third-order valence-electron chi connectivity index (χ3n) is 7.49. The highest BCUT2D eigenvalue weighted by molar-refractivity contribution is 7.91. The van der Waals surface area contributed by atoms with Crippen LogP contribution >= 0.6 is 0 Å². The fourth-order valence-electron chi connectivity index (χ4n) is 5.46. The summed E-state index contributed by atoms with van der Waals surface area (Å²) < 4.78 is 28.0. The molecule has 0 aliphatic rings. The van der Waals surface area contributed by atoms with Gasteiger partial charge in [-0.1, -0.05) is 97.1 Å². The van der Waals surface area contributed by atoms with Gasteiger partial charge in [0.25, 0.3) is 0 Å². The molecule has 4 aromatic carbocycles. The average Bonchev–Trinajstić information content (AvgIpc) is 3.36. The van der Waals surface area contributed by atoms with Gasteiger partial charge in [-0.05, 0) is 48.1 Å². The Hall–Kier alpha value is -4.49. The van der Waals surface area contributed by atoms with E-state index in [9.17, 15) is 8.42 Å². The highest BCUT2D eigenvalue weighted by Gasteiger charge is 2.20. The maximum Gasteiger partial charge on any atom is 0.178 e. The number of benzene rings is 4. The summed E-state index contributed by atoms with van der Waals surface area (Å²) in [6.45, 7) is 0.629. The molecule has 206 valence electrons. The molecule has 2 N–H and O–H groups in total. The summed E-state index contributed by atoms with van der Waals surface area (Å²) in [5.41, 5.74) is 12.6. The molecule has 0 bridgehead atoms. The van der Waals surface area contributed by atoms with E-state index in [1.54, 1.807) is 24.3 Å². The Morgan fingerprint density at radius 2 is 1.29 bits per heavy atom. The lowest BCUT2D eigenvalue weighted by Crippen LogP contribution is -2.10. The van der Waals surface area contributed by atoms with E-state index >= 15 is 0 Å². The van der Waals surface area contributed by atoms with E-state index < -0.39 is 9.84 Å². The monoisotopic (exact) mass is 560 g/mol. The van der Waals surface area contributed by atoms with Crippen molar-refractivity contribution in [3.8, 4) is 0 Å². The number of hydrogen-bond donors (Lipinski definition) is 1. The zero-order valence-electron chi connectivity index (χ0n) is 22.8. The van der Waals surface area contributed by atoms with Crippen LogP contribution in [0.15, 0.2) is 114 Å². The van der Waals surface area contributed by atoms with Gasteiger partial charge in [-0.2, -0.15) is 0 Å². The van der Waals surface area contributed by atoms with Crippen molar-refractivity contribution in [1.29, 1.82) is 0 Å². The summed E-state index contributed by atoms with van der Waals surface area (Å²) in [5, 5.41) is 1.01. The van der Waals surface area contributed by atoms with Crippen molar-refractivity contribution < 1.29 is 8.42 Å². The molecule has 6 aromatic rings. The number of hydrogen-bond acceptors (Lipinski definition) is 5. The topological polar surface area (TPSA) is 90.9 Å². The van der Waals surface area contributed by atoms with Crippen LogP contribution < -0.4 is 5.73 Å². The first-order chi connectivity index (χ1) is 20.0. The van der Waals surface area contributed by atoms with E-state index in [-0.39, 0.29) is 5.75 Å². The highest BCUT2D eigenvalue weighted by atomic mass is 32.2. The van der Waals surface area contributed by atoms with E-state index in [1.807, 2.05) is 42.5 Å². The summed E-state index contributed by atoms with van der Waals surface area (Å²) in [4.78, 5) is 10.2. The molecule has 2 heterocycles. The standard InChI is InChI=1S/C34H32N4O2S/c35-34-32-33(29-20-12-17-27(31(29)37-34)23-25-13-4-1-5-14-25)38(30(36-32)24-26-15-6-2-7-16-26)21-10-11-22-41(39,40)28-18-8-3-9-19-28/h1-9,12-20H,10-11,21-24H2,(H2,35,37). The number of fused-ring (bicyclic) bond motifs is 3. The molecule has 6 rings (SSSR count). The maximum atomic E-state index is 12.9. The van der Waals surface area contributed by atoms with E-state index in [2.05, 4.69) is 47.0 Å². The van der Waals surface area contributed by atoms with Gasteiger partial charge in [0.1, 0.15) is 11.3 Å². The number of nitrogens with two attached hydrogens (primary N) is 1. The molecule has 2 aromatic heterocycles. The summed E-state index contributed by atoms with van der Waals surface area (Å²) in [5.74, 6) is 1.41. The number of unbranched alkanes of at least 4 members (excludes halogenated alkanes) is 1. The summed E-state index contributed by atoms with van der Waals surface area (Å²) in [6.07, 6.45) is 2.62. The van der Waals surface area contributed by atoms with Gasteiger partial charge in [0, 0.05) is 18.4 Å². The number of anilines is 1. The molecule has 0 aliphatic heterocycles. The number of aryl methyl sites for hydroxylation is 1. The molecule has 0 saturated heterocycles. The second-order valence-electron chi connectivity index (χ2n) is 10.4.